The number of primary amides is 1. The van der Waals surface area contributed by atoms with E-state index in [0.29, 0.717) is 0 Å². The van der Waals surface area contributed by atoms with Crippen LogP contribution in [0.4, 0.5) is 11.4 Å². The maximum Gasteiger partial charge on any atom is 0.255 e. The Morgan fingerprint density at radius 2 is 1.85 bits per heavy atom. The summed E-state index contributed by atoms with van der Waals surface area (Å²) in [7, 11) is -3.77. The van der Waals surface area contributed by atoms with Gasteiger partial charge in [-0.25, -0.2) is 12.7 Å². The van der Waals surface area contributed by atoms with Crippen molar-refractivity contribution in [2.24, 2.45) is 11.7 Å². The van der Waals surface area contributed by atoms with Crippen LogP contribution in [0.1, 0.15) is 27.6 Å². The molecule has 0 saturated carbocycles. The van der Waals surface area contributed by atoms with Crippen molar-refractivity contribution in [2.75, 3.05) is 15.4 Å². The van der Waals surface area contributed by atoms with Crippen LogP contribution in [-0.4, -0.2) is 31.9 Å². The van der Waals surface area contributed by atoms with Gasteiger partial charge in [0.05, 0.1) is 28.6 Å². The molecule has 1 aliphatic rings. The molecule has 1 fully saturated rings. The molecule has 0 aliphatic carbocycles. The minimum absolute atomic E-state index is 0.0974. The van der Waals surface area contributed by atoms with E-state index in [4.69, 9.17) is 5.73 Å². The quantitative estimate of drug-likeness (QED) is 0.819. The van der Waals surface area contributed by atoms with Crippen molar-refractivity contribution < 1.29 is 22.8 Å². The Morgan fingerprint density at radius 3 is 2.48 bits per heavy atom. The first-order chi connectivity index (χ1) is 12.7. The van der Waals surface area contributed by atoms with Crippen LogP contribution in [0.5, 0.6) is 0 Å². The highest BCUT2D eigenvalue weighted by Gasteiger charge is 2.42. The number of nitrogens with zero attached hydrogens (tertiary/aromatic N) is 1. The monoisotopic (exact) mass is 387 g/mol. The molecular formula is C18H17N3O5S. The van der Waals surface area contributed by atoms with E-state index >= 15 is 0 Å². The number of nitrogens with two attached hydrogens (primary N) is 1. The van der Waals surface area contributed by atoms with Crippen molar-refractivity contribution in [2.45, 2.75) is 6.92 Å². The summed E-state index contributed by atoms with van der Waals surface area (Å²) >= 11 is 0. The largest absolute Gasteiger partial charge is 0.366 e. The van der Waals surface area contributed by atoms with Crippen molar-refractivity contribution in [1.82, 2.24) is 0 Å². The third-order valence-corrected chi connectivity index (χ3v) is 6.01. The molecule has 0 radical (unpaired) electrons. The van der Waals surface area contributed by atoms with Crippen molar-refractivity contribution in [1.29, 1.82) is 0 Å². The molecule has 3 amide bonds. The van der Waals surface area contributed by atoms with Crippen LogP contribution >= 0.6 is 0 Å². The number of carbonyl (C=O) groups is 3. The third-order valence-electron chi connectivity index (χ3n) is 4.14. The van der Waals surface area contributed by atoms with Crippen LogP contribution in [0.3, 0.4) is 0 Å². The first kappa shape index (κ1) is 18.6. The summed E-state index contributed by atoms with van der Waals surface area (Å²) in [6, 6.07) is 12.0. The molecule has 0 aromatic heterocycles. The lowest BCUT2D eigenvalue weighted by atomic mass is 10.1. The summed E-state index contributed by atoms with van der Waals surface area (Å²) < 4.78 is 25.2. The molecule has 0 unspecified atom stereocenters. The van der Waals surface area contributed by atoms with E-state index < -0.39 is 33.7 Å². The number of nitrogens with one attached hydrogen (secondary N) is 1. The molecule has 3 rings (SSSR count). The van der Waals surface area contributed by atoms with Gasteiger partial charge in [-0.1, -0.05) is 25.1 Å². The maximum atomic E-state index is 12.5. The van der Waals surface area contributed by atoms with Gasteiger partial charge in [0.1, 0.15) is 0 Å². The highest BCUT2D eigenvalue weighted by molar-refractivity contribution is 7.94. The fourth-order valence-corrected chi connectivity index (χ4v) is 4.67. The van der Waals surface area contributed by atoms with Gasteiger partial charge in [-0.05, 0) is 30.3 Å². The Labute approximate surface area is 156 Å². The standard InChI is InChI=1S/C18H17N3O5S/c1-11-10-27(25,26)21(18(11)24)13-6-4-5-12(9-13)17(23)20-15-8-3-2-7-14(15)16(19)22/h2-9,11H,10H2,1H3,(H2,19,22)(H,20,23)/t11-/m0/s1. The Morgan fingerprint density at radius 1 is 1.15 bits per heavy atom. The van der Waals surface area contributed by atoms with Crippen LogP contribution in [0.2, 0.25) is 0 Å². The number of anilines is 2. The van der Waals surface area contributed by atoms with Crippen LogP contribution in [-0.2, 0) is 14.8 Å². The van der Waals surface area contributed by atoms with Crippen LogP contribution in [0, 0.1) is 5.92 Å². The molecule has 1 saturated heterocycles. The number of amides is 3. The maximum absolute atomic E-state index is 12.5. The summed E-state index contributed by atoms with van der Waals surface area (Å²) in [5.74, 6) is -2.71. The molecule has 27 heavy (non-hydrogen) atoms. The summed E-state index contributed by atoms with van der Waals surface area (Å²) in [6.07, 6.45) is 0. The van der Waals surface area contributed by atoms with Crippen LogP contribution < -0.4 is 15.4 Å². The first-order valence-corrected chi connectivity index (χ1v) is 9.69. The molecule has 8 nitrogen and oxygen atoms in total. The van der Waals surface area contributed by atoms with E-state index in [-0.39, 0.29) is 28.3 Å². The molecular weight excluding hydrogens is 370 g/mol. The van der Waals surface area contributed by atoms with Crippen molar-refractivity contribution >= 4 is 39.1 Å². The molecule has 2 aromatic carbocycles. The molecule has 0 spiro atoms. The van der Waals surface area contributed by atoms with Gasteiger partial charge in [0.25, 0.3) is 11.8 Å². The summed E-state index contributed by atoms with van der Waals surface area (Å²) in [4.78, 5) is 36.2. The number of hydrogen-bond donors (Lipinski definition) is 2. The zero-order valence-electron chi connectivity index (χ0n) is 14.4. The summed E-state index contributed by atoms with van der Waals surface area (Å²) in [5, 5.41) is 2.57. The smallest absolute Gasteiger partial charge is 0.255 e. The highest BCUT2D eigenvalue weighted by Crippen LogP contribution is 2.29. The van der Waals surface area contributed by atoms with Gasteiger partial charge in [-0.15, -0.1) is 0 Å². The van der Waals surface area contributed by atoms with E-state index in [1.165, 1.54) is 43.3 Å². The molecule has 2 aromatic rings. The Kier molecular flexibility index (Phi) is 4.71. The molecule has 0 bridgehead atoms. The number of carbonyl (C=O) groups excluding carboxylic acids is 3. The normalized spacial score (nSPS) is 18.3. The fraction of sp³-hybridized carbons (Fsp3) is 0.167. The van der Waals surface area contributed by atoms with Gasteiger partial charge >= 0.3 is 0 Å². The van der Waals surface area contributed by atoms with Gasteiger partial charge in [-0.2, -0.15) is 0 Å². The Bertz CT molecular complexity index is 1050. The van der Waals surface area contributed by atoms with E-state index in [2.05, 4.69) is 5.32 Å². The number of hydrogen-bond acceptors (Lipinski definition) is 5. The van der Waals surface area contributed by atoms with E-state index in [1.807, 2.05) is 0 Å². The zero-order chi connectivity index (χ0) is 19.8. The topological polar surface area (TPSA) is 127 Å². The second-order valence-corrected chi connectivity index (χ2v) is 8.06. The molecule has 9 heteroatoms. The molecule has 1 aliphatic heterocycles. The first-order valence-electron chi connectivity index (χ1n) is 8.08. The minimum atomic E-state index is -3.77. The van der Waals surface area contributed by atoms with Gasteiger partial charge in [-0.3, -0.25) is 14.4 Å². The predicted octanol–water partition coefficient (Wildman–Crippen LogP) is 1.35. The lowest BCUT2D eigenvalue weighted by Gasteiger charge is -2.16. The third kappa shape index (κ3) is 3.54. The lowest BCUT2D eigenvalue weighted by Crippen LogP contribution is -2.30. The molecule has 1 heterocycles. The highest BCUT2D eigenvalue weighted by atomic mass is 32.2. The van der Waals surface area contributed by atoms with E-state index in [1.54, 1.807) is 12.1 Å². The van der Waals surface area contributed by atoms with Crippen LogP contribution in [0.25, 0.3) is 0 Å². The zero-order valence-corrected chi connectivity index (χ0v) is 15.2. The Hall–Kier alpha value is -3.20. The van der Waals surface area contributed by atoms with Gasteiger partial charge in [0.15, 0.2) is 0 Å². The second-order valence-electron chi connectivity index (χ2n) is 6.20. The average molecular weight is 387 g/mol. The van der Waals surface area contributed by atoms with Gasteiger partial charge in [0.2, 0.25) is 15.9 Å². The van der Waals surface area contributed by atoms with E-state index in [9.17, 15) is 22.8 Å². The van der Waals surface area contributed by atoms with Gasteiger partial charge < -0.3 is 11.1 Å². The number of benzene rings is 2. The Balaban J connectivity index is 1.92. The minimum Gasteiger partial charge on any atom is -0.366 e. The molecule has 1 atom stereocenters. The van der Waals surface area contributed by atoms with E-state index in [0.717, 1.165) is 4.31 Å². The summed E-state index contributed by atoms with van der Waals surface area (Å²) in [6.45, 7) is 1.54. The summed E-state index contributed by atoms with van der Waals surface area (Å²) in [5.41, 5.74) is 5.91. The molecule has 3 N–H and O–H groups in total. The number of sulfonamides is 1. The second kappa shape index (κ2) is 6.84. The van der Waals surface area contributed by atoms with Crippen molar-refractivity contribution in [3.63, 3.8) is 0 Å². The van der Waals surface area contributed by atoms with Crippen molar-refractivity contribution in [3.05, 3.63) is 59.7 Å². The molecule has 140 valence electrons. The van der Waals surface area contributed by atoms with Crippen molar-refractivity contribution in [3.8, 4) is 0 Å². The fourth-order valence-electron chi connectivity index (χ4n) is 2.86. The van der Waals surface area contributed by atoms with Crippen LogP contribution in [0.15, 0.2) is 48.5 Å². The number of rotatable bonds is 4. The SMILES string of the molecule is C[C@H]1CS(=O)(=O)N(c2cccc(C(=O)Nc3ccccc3C(N)=O)c2)C1=O. The lowest BCUT2D eigenvalue weighted by molar-refractivity contribution is -0.119. The number of para-hydroxylation sites is 1. The van der Waals surface area contributed by atoms with Gasteiger partial charge in [0, 0.05) is 5.56 Å². The average Bonchev–Trinajstić information content (AvgIpc) is 2.82. The predicted molar refractivity (Wildman–Crippen MR) is 99.8 cm³/mol.